The van der Waals surface area contributed by atoms with Crippen LogP contribution in [0.3, 0.4) is 0 Å². The molecule has 3 aromatic rings. The second kappa shape index (κ2) is 7.17. The van der Waals surface area contributed by atoms with Crippen molar-refractivity contribution in [3.63, 3.8) is 0 Å². The van der Waals surface area contributed by atoms with Crippen LogP contribution in [0, 0.1) is 0 Å². The summed E-state index contributed by atoms with van der Waals surface area (Å²) in [6.07, 6.45) is 6.76. The van der Waals surface area contributed by atoms with E-state index in [4.69, 9.17) is 5.73 Å². The van der Waals surface area contributed by atoms with Gasteiger partial charge in [-0.15, -0.1) is 0 Å². The Bertz CT molecular complexity index is 832. The summed E-state index contributed by atoms with van der Waals surface area (Å²) in [5, 5.41) is 3.14. The van der Waals surface area contributed by atoms with Gasteiger partial charge in [0.15, 0.2) is 5.96 Å². The smallest absolute Gasteiger partial charge is 0.193 e. The third-order valence-corrected chi connectivity index (χ3v) is 4.27. The number of hydrogen-bond acceptors (Lipinski definition) is 2. The number of anilines is 1. The zero-order chi connectivity index (χ0) is 16.9. The van der Waals surface area contributed by atoms with Crippen molar-refractivity contribution >= 4 is 17.2 Å². The van der Waals surface area contributed by atoms with Crippen molar-refractivity contribution in [1.82, 2.24) is 9.38 Å². The van der Waals surface area contributed by atoms with Gasteiger partial charge in [0.25, 0.3) is 0 Å². The maximum absolute atomic E-state index is 5.99. The first-order valence-corrected chi connectivity index (χ1v) is 8.23. The van der Waals surface area contributed by atoms with Crippen LogP contribution in [0.5, 0.6) is 0 Å². The fourth-order valence-electron chi connectivity index (χ4n) is 2.55. The van der Waals surface area contributed by atoms with Gasteiger partial charge in [0.05, 0.1) is 24.6 Å². The molecule has 0 bridgehead atoms. The Balaban J connectivity index is 1.63. The molecular formula is C19H23N5. The van der Waals surface area contributed by atoms with Crippen LogP contribution in [-0.2, 0) is 6.54 Å². The van der Waals surface area contributed by atoms with E-state index < -0.39 is 0 Å². The van der Waals surface area contributed by atoms with Crippen LogP contribution in [0.2, 0.25) is 0 Å². The molecule has 1 unspecified atom stereocenters. The van der Waals surface area contributed by atoms with E-state index >= 15 is 0 Å². The molecule has 1 atom stereocenters. The molecule has 0 saturated carbocycles. The number of rotatable bonds is 5. The first-order chi connectivity index (χ1) is 11.7. The molecule has 3 rings (SSSR count). The molecule has 0 fully saturated rings. The molecule has 0 amide bonds. The highest BCUT2D eigenvalue weighted by Gasteiger charge is 2.03. The molecule has 124 valence electrons. The van der Waals surface area contributed by atoms with Crippen LogP contribution < -0.4 is 11.1 Å². The topological polar surface area (TPSA) is 67.7 Å². The molecule has 2 heterocycles. The number of fused-ring (bicyclic) bond motifs is 1. The van der Waals surface area contributed by atoms with Gasteiger partial charge in [-0.1, -0.05) is 32.0 Å². The molecule has 5 nitrogen and oxygen atoms in total. The van der Waals surface area contributed by atoms with E-state index in [0.29, 0.717) is 18.4 Å². The average Bonchev–Trinajstić information content (AvgIpc) is 3.07. The van der Waals surface area contributed by atoms with E-state index in [1.807, 2.05) is 41.1 Å². The highest BCUT2D eigenvalue weighted by Crippen LogP contribution is 2.20. The van der Waals surface area contributed by atoms with Crippen LogP contribution >= 0.6 is 0 Å². The lowest BCUT2D eigenvalue weighted by atomic mass is 9.99. The number of benzene rings is 1. The monoisotopic (exact) mass is 321 g/mol. The van der Waals surface area contributed by atoms with Crippen molar-refractivity contribution in [3.05, 3.63) is 66.2 Å². The number of nitrogens with two attached hydrogens (primary N) is 1. The van der Waals surface area contributed by atoms with Gasteiger partial charge in [0.2, 0.25) is 0 Å². The predicted molar refractivity (Wildman–Crippen MR) is 99.3 cm³/mol. The predicted octanol–water partition coefficient (Wildman–Crippen LogP) is 3.77. The number of imidazole rings is 1. The second-order valence-electron chi connectivity index (χ2n) is 6.02. The van der Waals surface area contributed by atoms with E-state index in [0.717, 1.165) is 23.2 Å². The molecule has 0 spiro atoms. The number of aromatic nitrogens is 2. The summed E-state index contributed by atoms with van der Waals surface area (Å²) in [5.41, 5.74) is 10.4. The minimum Gasteiger partial charge on any atom is -0.370 e. The van der Waals surface area contributed by atoms with E-state index in [9.17, 15) is 0 Å². The maximum Gasteiger partial charge on any atom is 0.193 e. The van der Waals surface area contributed by atoms with E-state index in [1.54, 1.807) is 6.33 Å². The lowest BCUT2D eigenvalue weighted by Gasteiger charge is -2.11. The Hall–Kier alpha value is -2.82. The highest BCUT2D eigenvalue weighted by atomic mass is 15.1. The average molecular weight is 321 g/mol. The van der Waals surface area contributed by atoms with Gasteiger partial charge in [-0.2, -0.15) is 0 Å². The van der Waals surface area contributed by atoms with Gasteiger partial charge in [-0.05, 0) is 41.7 Å². The molecule has 2 aromatic heterocycles. The van der Waals surface area contributed by atoms with E-state index in [1.165, 1.54) is 5.56 Å². The Morgan fingerprint density at radius 3 is 2.79 bits per heavy atom. The molecule has 0 aliphatic carbocycles. The summed E-state index contributed by atoms with van der Waals surface area (Å²) in [6, 6.07) is 12.4. The summed E-state index contributed by atoms with van der Waals surface area (Å²) in [7, 11) is 0. The van der Waals surface area contributed by atoms with Crippen LogP contribution in [0.15, 0.2) is 60.1 Å². The minimum absolute atomic E-state index is 0.414. The van der Waals surface area contributed by atoms with E-state index in [2.05, 4.69) is 41.3 Å². The fourth-order valence-corrected chi connectivity index (χ4v) is 2.55. The van der Waals surface area contributed by atoms with Gasteiger partial charge in [-0.3, -0.25) is 0 Å². The van der Waals surface area contributed by atoms with Gasteiger partial charge < -0.3 is 15.5 Å². The van der Waals surface area contributed by atoms with Crippen LogP contribution in [0.25, 0.3) is 5.52 Å². The third-order valence-electron chi connectivity index (χ3n) is 4.27. The van der Waals surface area contributed by atoms with Gasteiger partial charge in [-0.25, -0.2) is 9.98 Å². The Morgan fingerprint density at radius 1 is 1.25 bits per heavy atom. The molecule has 5 heteroatoms. The van der Waals surface area contributed by atoms with Crippen molar-refractivity contribution < 1.29 is 0 Å². The lowest BCUT2D eigenvalue weighted by molar-refractivity contribution is 0.734. The van der Waals surface area contributed by atoms with Crippen molar-refractivity contribution in [2.45, 2.75) is 32.7 Å². The number of nitrogens with one attached hydrogen (secondary N) is 1. The van der Waals surface area contributed by atoms with Crippen molar-refractivity contribution in [1.29, 1.82) is 0 Å². The zero-order valence-electron chi connectivity index (χ0n) is 14.1. The maximum atomic E-state index is 5.99. The molecule has 24 heavy (non-hydrogen) atoms. The molecule has 0 aliphatic rings. The molecule has 0 radical (unpaired) electrons. The molecule has 0 saturated heterocycles. The molecular weight excluding hydrogens is 298 g/mol. The van der Waals surface area contributed by atoms with Gasteiger partial charge >= 0.3 is 0 Å². The van der Waals surface area contributed by atoms with Crippen molar-refractivity contribution in [2.75, 3.05) is 5.32 Å². The number of pyridine rings is 1. The molecule has 0 aliphatic heterocycles. The number of nitrogens with zero attached hydrogens (tertiary/aromatic N) is 3. The Labute approximate surface area is 142 Å². The Morgan fingerprint density at radius 2 is 2.04 bits per heavy atom. The standard InChI is InChI=1S/C19H23N5/c1-3-14(2)16-5-7-17(8-6-16)23-19(20)22-10-15-4-9-18-11-21-13-24(18)12-15/h4-9,11-14H,3,10H2,1-2H3,(H3,20,22,23). The minimum atomic E-state index is 0.414. The van der Waals surface area contributed by atoms with Crippen molar-refractivity contribution in [3.8, 4) is 0 Å². The highest BCUT2D eigenvalue weighted by molar-refractivity contribution is 5.92. The first kappa shape index (κ1) is 16.1. The van der Waals surface area contributed by atoms with Gasteiger partial charge in [0, 0.05) is 11.9 Å². The number of hydrogen-bond donors (Lipinski definition) is 2. The normalized spacial score (nSPS) is 13.2. The van der Waals surface area contributed by atoms with E-state index in [-0.39, 0.29) is 0 Å². The summed E-state index contributed by atoms with van der Waals surface area (Å²) < 4.78 is 1.97. The lowest BCUT2D eigenvalue weighted by Crippen LogP contribution is -2.22. The summed E-state index contributed by atoms with van der Waals surface area (Å²) in [6.45, 7) is 4.95. The van der Waals surface area contributed by atoms with Crippen molar-refractivity contribution in [2.24, 2.45) is 10.7 Å². The zero-order valence-corrected chi connectivity index (χ0v) is 14.1. The molecule has 1 aromatic carbocycles. The number of guanidine groups is 1. The van der Waals surface area contributed by atoms with Gasteiger partial charge in [0.1, 0.15) is 0 Å². The largest absolute Gasteiger partial charge is 0.370 e. The van der Waals surface area contributed by atoms with Crippen LogP contribution in [-0.4, -0.2) is 15.3 Å². The van der Waals surface area contributed by atoms with Crippen LogP contribution in [0.1, 0.15) is 37.3 Å². The SMILES string of the molecule is CCC(C)c1ccc(NC(N)=NCc2ccc3cncn3c2)cc1. The second-order valence-corrected chi connectivity index (χ2v) is 6.02. The molecule has 3 N–H and O–H groups in total. The summed E-state index contributed by atoms with van der Waals surface area (Å²) >= 11 is 0. The number of aliphatic imine (C=N–C) groups is 1. The Kier molecular flexibility index (Phi) is 4.79. The fraction of sp³-hybridized carbons (Fsp3) is 0.263. The first-order valence-electron chi connectivity index (χ1n) is 8.23. The third kappa shape index (κ3) is 3.74. The summed E-state index contributed by atoms with van der Waals surface area (Å²) in [4.78, 5) is 8.51. The summed E-state index contributed by atoms with van der Waals surface area (Å²) in [5.74, 6) is 0.986. The van der Waals surface area contributed by atoms with Crippen LogP contribution in [0.4, 0.5) is 5.69 Å². The quantitative estimate of drug-likeness (QED) is 0.555.